The smallest absolute Gasteiger partial charge is 0.325 e. The van der Waals surface area contributed by atoms with Crippen molar-refractivity contribution < 1.29 is 19.1 Å². The number of benzene rings is 1. The van der Waals surface area contributed by atoms with Crippen molar-refractivity contribution in [3.63, 3.8) is 0 Å². The van der Waals surface area contributed by atoms with Gasteiger partial charge in [-0.05, 0) is 57.4 Å². The molecule has 2 fully saturated rings. The predicted molar refractivity (Wildman–Crippen MR) is 109 cm³/mol. The number of nitrogens with zero attached hydrogens (tertiary/aromatic N) is 1. The Hall–Kier alpha value is -2.41. The number of amides is 4. The summed E-state index contributed by atoms with van der Waals surface area (Å²) in [5, 5.41) is 5.62. The molecular formula is C22H31N3O4. The normalized spacial score (nSPS) is 24.2. The summed E-state index contributed by atoms with van der Waals surface area (Å²) in [6.45, 7) is 4.70. The van der Waals surface area contributed by atoms with E-state index in [1.165, 1.54) is 5.56 Å². The zero-order valence-electron chi connectivity index (χ0n) is 17.3. The molecule has 4 amide bonds. The maximum atomic E-state index is 13.0. The number of urea groups is 1. The van der Waals surface area contributed by atoms with Crippen molar-refractivity contribution in [2.45, 2.75) is 63.5 Å². The van der Waals surface area contributed by atoms with E-state index in [1.807, 2.05) is 32.0 Å². The summed E-state index contributed by atoms with van der Waals surface area (Å²) >= 11 is 0. The molecule has 7 nitrogen and oxygen atoms in total. The fourth-order valence-corrected chi connectivity index (χ4v) is 4.15. The van der Waals surface area contributed by atoms with Crippen LogP contribution in [-0.2, 0) is 14.3 Å². The molecule has 1 aromatic rings. The minimum absolute atomic E-state index is 0.157. The van der Waals surface area contributed by atoms with Crippen LogP contribution in [0.5, 0.6) is 0 Å². The lowest BCUT2D eigenvalue weighted by molar-refractivity contribution is -0.136. The standard InChI is InChI=1S/C22H31N3O4/c1-16(2)29-14-6-13-23-19(26)15-25-20(27)22(24-21(25)28)11-9-18(10-12-22)17-7-4-3-5-8-17/h3-5,7-8,16,18H,6,9-15H2,1-2H3,(H,23,26)(H,24,28). The number of rotatable bonds is 8. The molecule has 0 aromatic heterocycles. The summed E-state index contributed by atoms with van der Waals surface area (Å²) in [6.07, 6.45) is 3.72. The van der Waals surface area contributed by atoms with E-state index in [-0.39, 0.29) is 24.5 Å². The van der Waals surface area contributed by atoms with Crippen LogP contribution >= 0.6 is 0 Å². The number of ether oxygens (including phenoxy) is 1. The van der Waals surface area contributed by atoms with Crippen LogP contribution in [-0.4, -0.2) is 54.1 Å². The lowest BCUT2D eigenvalue weighted by Gasteiger charge is -2.35. The molecule has 3 rings (SSSR count). The summed E-state index contributed by atoms with van der Waals surface area (Å²) < 4.78 is 5.43. The Morgan fingerprint density at radius 3 is 2.59 bits per heavy atom. The van der Waals surface area contributed by atoms with Gasteiger partial charge >= 0.3 is 6.03 Å². The van der Waals surface area contributed by atoms with E-state index >= 15 is 0 Å². The third-order valence-corrected chi connectivity index (χ3v) is 5.75. The van der Waals surface area contributed by atoms with Gasteiger partial charge in [0.05, 0.1) is 6.10 Å². The third kappa shape index (κ3) is 5.15. The maximum absolute atomic E-state index is 13.0. The molecule has 1 aliphatic carbocycles. The number of nitrogens with one attached hydrogen (secondary N) is 2. The van der Waals surface area contributed by atoms with E-state index in [4.69, 9.17) is 4.74 Å². The van der Waals surface area contributed by atoms with E-state index in [1.54, 1.807) is 0 Å². The van der Waals surface area contributed by atoms with Gasteiger partial charge in [-0.3, -0.25) is 14.5 Å². The van der Waals surface area contributed by atoms with Crippen LogP contribution in [0.3, 0.4) is 0 Å². The van der Waals surface area contributed by atoms with Crippen LogP contribution in [0, 0.1) is 0 Å². The number of imide groups is 1. The highest BCUT2D eigenvalue weighted by Crippen LogP contribution is 2.40. The fourth-order valence-electron chi connectivity index (χ4n) is 4.15. The highest BCUT2D eigenvalue weighted by Gasteiger charge is 2.52. The highest BCUT2D eigenvalue weighted by atomic mass is 16.5. The Balaban J connectivity index is 1.49. The molecule has 1 saturated carbocycles. The Morgan fingerprint density at radius 1 is 1.24 bits per heavy atom. The first-order valence-electron chi connectivity index (χ1n) is 10.5. The van der Waals surface area contributed by atoms with Crippen molar-refractivity contribution in [2.24, 2.45) is 0 Å². The summed E-state index contributed by atoms with van der Waals surface area (Å²) in [6, 6.07) is 9.80. The molecule has 0 bridgehead atoms. The van der Waals surface area contributed by atoms with Gasteiger partial charge in [0.15, 0.2) is 0 Å². The molecule has 1 aromatic carbocycles. The molecule has 0 radical (unpaired) electrons. The molecule has 2 aliphatic rings. The third-order valence-electron chi connectivity index (χ3n) is 5.75. The second-order valence-electron chi connectivity index (χ2n) is 8.21. The monoisotopic (exact) mass is 401 g/mol. The van der Waals surface area contributed by atoms with Gasteiger partial charge in [0.1, 0.15) is 12.1 Å². The predicted octanol–water partition coefficient (Wildman–Crippen LogP) is 2.57. The molecule has 1 spiro atoms. The van der Waals surface area contributed by atoms with Gasteiger partial charge < -0.3 is 15.4 Å². The average Bonchev–Trinajstić information content (AvgIpc) is 2.93. The minimum Gasteiger partial charge on any atom is -0.379 e. The topological polar surface area (TPSA) is 87.7 Å². The Bertz CT molecular complexity index is 727. The van der Waals surface area contributed by atoms with Crippen LogP contribution < -0.4 is 10.6 Å². The van der Waals surface area contributed by atoms with Gasteiger partial charge in [0.2, 0.25) is 5.91 Å². The zero-order valence-corrected chi connectivity index (χ0v) is 17.3. The van der Waals surface area contributed by atoms with E-state index in [2.05, 4.69) is 22.8 Å². The van der Waals surface area contributed by atoms with E-state index in [0.717, 1.165) is 17.7 Å². The van der Waals surface area contributed by atoms with Crippen LogP contribution in [0.1, 0.15) is 57.4 Å². The zero-order chi connectivity index (χ0) is 20.9. The first kappa shape index (κ1) is 21.3. The first-order valence-corrected chi connectivity index (χ1v) is 10.5. The van der Waals surface area contributed by atoms with Crippen LogP contribution in [0.2, 0.25) is 0 Å². The van der Waals surface area contributed by atoms with Gasteiger partial charge in [-0.1, -0.05) is 30.3 Å². The van der Waals surface area contributed by atoms with Crippen LogP contribution in [0.25, 0.3) is 0 Å². The van der Waals surface area contributed by atoms with Gasteiger partial charge in [0.25, 0.3) is 5.91 Å². The van der Waals surface area contributed by atoms with Crippen molar-refractivity contribution in [3.8, 4) is 0 Å². The largest absolute Gasteiger partial charge is 0.379 e. The molecule has 7 heteroatoms. The summed E-state index contributed by atoms with van der Waals surface area (Å²) in [5.74, 6) is -0.197. The van der Waals surface area contributed by atoms with Crippen molar-refractivity contribution in [1.29, 1.82) is 0 Å². The van der Waals surface area contributed by atoms with Crippen molar-refractivity contribution in [2.75, 3.05) is 19.7 Å². The number of carbonyl (C=O) groups is 3. The van der Waals surface area contributed by atoms with Gasteiger partial charge in [-0.25, -0.2) is 4.79 Å². The quantitative estimate of drug-likeness (QED) is 0.518. The van der Waals surface area contributed by atoms with Crippen LogP contribution in [0.15, 0.2) is 30.3 Å². The molecular weight excluding hydrogens is 370 g/mol. The Kier molecular flexibility index (Phi) is 6.90. The van der Waals surface area contributed by atoms with Crippen LogP contribution in [0.4, 0.5) is 4.79 Å². The van der Waals surface area contributed by atoms with E-state index in [9.17, 15) is 14.4 Å². The molecule has 158 valence electrons. The molecule has 0 unspecified atom stereocenters. The lowest BCUT2D eigenvalue weighted by atomic mass is 9.74. The number of hydrogen-bond acceptors (Lipinski definition) is 4. The SMILES string of the molecule is CC(C)OCCCNC(=O)CN1C(=O)NC2(CCC(c3ccccc3)CC2)C1=O. The fraction of sp³-hybridized carbons (Fsp3) is 0.591. The second-order valence-corrected chi connectivity index (χ2v) is 8.21. The maximum Gasteiger partial charge on any atom is 0.325 e. The van der Waals surface area contributed by atoms with Crippen molar-refractivity contribution >= 4 is 17.8 Å². The molecule has 0 atom stereocenters. The van der Waals surface area contributed by atoms with E-state index in [0.29, 0.717) is 38.3 Å². The molecule has 1 heterocycles. The molecule has 1 saturated heterocycles. The van der Waals surface area contributed by atoms with Crippen molar-refractivity contribution in [1.82, 2.24) is 15.5 Å². The van der Waals surface area contributed by atoms with Gasteiger partial charge in [-0.15, -0.1) is 0 Å². The van der Waals surface area contributed by atoms with E-state index < -0.39 is 11.6 Å². The summed E-state index contributed by atoms with van der Waals surface area (Å²) in [7, 11) is 0. The Labute approximate surface area is 172 Å². The van der Waals surface area contributed by atoms with Crippen molar-refractivity contribution in [3.05, 3.63) is 35.9 Å². The molecule has 29 heavy (non-hydrogen) atoms. The van der Waals surface area contributed by atoms with Gasteiger partial charge in [-0.2, -0.15) is 0 Å². The molecule has 2 N–H and O–H groups in total. The first-order chi connectivity index (χ1) is 13.9. The number of carbonyl (C=O) groups excluding carboxylic acids is 3. The highest BCUT2D eigenvalue weighted by molar-refractivity contribution is 6.09. The number of hydrogen-bond donors (Lipinski definition) is 2. The second kappa shape index (κ2) is 9.39. The van der Waals surface area contributed by atoms with Gasteiger partial charge in [0, 0.05) is 13.2 Å². The minimum atomic E-state index is -0.853. The lowest BCUT2D eigenvalue weighted by Crippen LogP contribution is -2.49. The summed E-state index contributed by atoms with van der Waals surface area (Å²) in [4.78, 5) is 38.6. The Morgan fingerprint density at radius 2 is 1.93 bits per heavy atom. The summed E-state index contributed by atoms with van der Waals surface area (Å²) in [5.41, 5.74) is 0.421. The molecule has 1 aliphatic heterocycles. The average molecular weight is 402 g/mol.